The van der Waals surface area contributed by atoms with Gasteiger partial charge in [0, 0.05) is 6.04 Å². The Morgan fingerprint density at radius 1 is 1.24 bits per heavy atom. The van der Waals surface area contributed by atoms with Crippen LogP contribution in [0.2, 0.25) is 0 Å². The van der Waals surface area contributed by atoms with Crippen molar-refractivity contribution in [3.8, 4) is 6.07 Å². The minimum absolute atomic E-state index is 0.0593. The standard InChI is InChI=1S/C17H20F2N2/c1-16(2)11-6-7-17(3,8-11)15(16)21-12-5-4-10(9-20)13(18)14(12)19/h4-5,11,15,21H,6-8H2,1-3H3. The van der Waals surface area contributed by atoms with Crippen molar-refractivity contribution in [3.63, 3.8) is 0 Å². The first-order chi connectivity index (χ1) is 9.79. The number of fused-ring (bicyclic) bond motifs is 2. The summed E-state index contributed by atoms with van der Waals surface area (Å²) in [5.41, 5.74) is 0.101. The van der Waals surface area contributed by atoms with Crippen molar-refractivity contribution in [1.29, 1.82) is 5.26 Å². The highest BCUT2D eigenvalue weighted by molar-refractivity contribution is 5.51. The number of nitriles is 1. The molecule has 2 nitrogen and oxygen atoms in total. The Balaban J connectivity index is 1.95. The maximum Gasteiger partial charge on any atom is 0.183 e. The van der Waals surface area contributed by atoms with Crippen LogP contribution in [0.3, 0.4) is 0 Å². The molecule has 1 aromatic rings. The highest BCUT2D eigenvalue weighted by Crippen LogP contribution is 2.63. The molecule has 2 fully saturated rings. The third kappa shape index (κ3) is 1.94. The lowest BCUT2D eigenvalue weighted by molar-refractivity contribution is 0.155. The maximum atomic E-state index is 14.1. The predicted octanol–water partition coefficient (Wildman–Crippen LogP) is 4.46. The molecule has 0 heterocycles. The van der Waals surface area contributed by atoms with Crippen molar-refractivity contribution in [2.24, 2.45) is 16.7 Å². The van der Waals surface area contributed by atoms with E-state index in [1.54, 1.807) is 6.07 Å². The highest BCUT2D eigenvalue weighted by Gasteiger charge is 2.59. The fourth-order valence-electron chi connectivity index (χ4n) is 4.57. The van der Waals surface area contributed by atoms with Crippen LogP contribution < -0.4 is 5.32 Å². The topological polar surface area (TPSA) is 35.8 Å². The summed E-state index contributed by atoms with van der Waals surface area (Å²) in [5.74, 6) is -1.38. The van der Waals surface area contributed by atoms with E-state index < -0.39 is 11.6 Å². The van der Waals surface area contributed by atoms with E-state index in [1.807, 2.05) is 0 Å². The zero-order valence-electron chi connectivity index (χ0n) is 12.6. The molecule has 0 aliphatic heterocycles. The van der Waals surface area contributed by atoms with Crippen molar-refractivity contribution in [3.05, 3.63) is 29.3 Å². The largest absolute Gasteiger partial charge is 0.379 e. The number of rotatable bonds is 2. The zero-order valence-corrected chi connectivity index (χ0v) is 12.6. The summed E-state index contributed by atoms with van der Waals surface area (Å²) >= 11 is 0. The van der Waals surface area contributed by atoms with E-state index in [0.717, 1.165) is 12.8 Å². The van der Waals surface area contributed by atoms with Crippen LogP contribution in [0.25, 0.3) is 0 Å². The van der Waals surface area contributed by atoms with Crippen LogP contribution in [-0.2, 0) is 0 Å². The first-order valence-corrected chi connectivity index (χ1v) is 7.44. The lowest BCUT2D eigenvalue weighted by Gasteiger charge is -2.43. The smallest absolute Gasteiger partial charge is 0.183 e. The molecule has 0 saturated heterocycles. The van der Waals surface area contributed by atoms with Crippen LogP contribution >= 0.6 is 0 Å². The average Bonchev–Trinajstić information content (AvgIpc) is 2.90. The van der Waals surface area contributed by atoms with Crippen molar-refractivity contribution in [2.75, 3.05) is 5.32 Å². The van der Waals surface area contributed by atoms with Crippen molar-refractivity contribution in [1.82, 2.24) is 0 Å². The summed E-state index contributed by atoms with van der Waals surface area (Å²) in [6.07, 6.45) is 3.48. The monoisotopic (exact) mass is 290 g/mol. The Kier molecular flexibility index (Phi) is 3.02. The summed E-state index contributed by atoms with van der Waals surface area (Å²) in [6.45, 7) is 6.65. The van der Waals surface area contributed by atoms with Gasteiger partial charge in [0.25, 0.3) is 0 Å². The second-order valence-electron chi connectivity index (χ2n) is 7.39. The van der Waals surface area contributed by atoms with Gasteiger partial charge in [-0.25, -0.2) is 8.78 Å². The van der Waals surface area contributed by atoms with Gasteiger partial charge >= 0.3 is 0 Å². The Morgan fingerprint density at radius 3 is 2.52 bits per heavy atom. The first kappa shape index (κ1) is 14.3. The van der Waals surface area contributed by atoms with E-state index in [0.29, 0.717) is 5.92 Å². The lowest BCUT2D eigenvalue weighted by Crippen LogP contribution is -2.46. The summed E-state index contributed by atoms with van der Waals surface area (Å²) in [7, 11) is 0. The SMILES string of the molecule is CC12CCC(C1)C(C)(C)C2Nc1ccc(C#N)c(F)c1F. The van der Waals surface area contributed by atoms with E-state index in [9.17, 15) is 8.78 Å². The molecule has 3 unspecified atom stereocenters. The second-order valence-corrected chi connectivity index (χ2v) is 7.39. The highest BCUT2D eigenvalue weighted by atomic mass is 19.2. The molecule has 1 N–H and O–H groups in total. The van der Waals surface area contributed by atoms with Gasteiger partial charge < -0.3 is 5.32 Å². The Morgan fingerprint density at radius 2 is 1.95 bits per heavy atom. The molecule has 4 heteroatoms. The summed E-state index contributed by atoms with van der Waals surface area (Å²) < 4.78 is 27.9. The number of benzene rings is 1. The number of hydrogen-bond donors (Lipinski definition) is 1. The van der Waals surface area contributed by atoms with Crippen LogP contribution in [0.15, 0.2) is 12.1 Å². The van der Waals surface area contributed by atoms with Gasteiger partial charge in [0.1, 0.15) is 6.07 Å². The molecular weight excluding hydrogens is 270 g/mol. The molecule has 0 amide bonds. The van der Waals surface area contributed by atoms with Gasteiger partial charge in [-0.1, -0.05) is 20.8 Å². The number of nitrogens with one attached hydrogen (secondary N) is 1. The van der Waals surface area contributed by atoms with Crippen LogP contribution in [0, 0.1) is 39.7 Å². The Bertz CT molecular complexity index is 628. The Labute approximate surface area is 124 Å². The molecule has 2 aliphatic rings. The summed E-state index contributed by atoms with van der Waals surface area (Å²) in [6, 6.07) is 4.59. The van der Waals surface area contributed by atoms with Crippen molar-refractivity contribution >= 4 is 5.69 Å². The van der Waals surface area contributed by atoms with Crippen molar-refractivity contribution < 1.29 is 8.78 Å². The number of hydrogen-bond acceptors (Lipinski definition) is 2. The zero-order chi connectivity index (χ0) is 15.4. The van der Waals surface area contributed by atoms with E-state index >= 15 is 0 Å². The lowest BCUT2D eigenvalue weighted by atomic mass is 9.68. The van der Waals surface area contributed by atoms with Gasteiger partial charge in [-0.2, -0.15) is 5.26 Å². The van der Waals surface area contributed by atoms with E-state index in [-0.39, 0.29) is 28.1 Å². The van der Waals surface area contributed by atoms with E-state index in [4.69, 9.17) is 5.26 Å². The summed E-state index contributed by atoms with van der Waals surface area (Å²) in [4.78, 5) is 0. The van der Waals surface area contributed by atoms with E-state index in [2.05, 4.69) is 26.1 Å². The summed E-state index contributed by atoms with van der Waals surface area (Å²) in [5, 5.41) is 12.0. The van der Waals surface area contributed by atoms with Gasteiger partial charge in [0.2, 0.25) is 0 Å². The number of anilines is 1. The quantitative estimate of drug-likeness (QED) is 0.872. The number of halogens is 2. The van der Waals surface area contributed by atoms with Gasteiger partial charge in [-0.3, -0.25) is 0 Å². The van der Waals surface area contributed by atoms with Gasteiger partial charge in [0.05, 0.1) is 11.3 Å². The molecule has 0 spiro atoms. The van der Waals surface area contributed by atoms with Gasteiger partial charge in [-0.15, -0.1) is 0 Å². The molecule has 0 aromatic heterocycles. The minimum atomic E-state index is -1.06. The molecule has 0 radical (unpaired) electrons. The third-order valence-electron chi connectivity index (χ3n) is 5.77. The van der Waals surface area contributed by atoms with Crippen LogP contribution in [0.1, 0.15) is 45.6 Å². The van der Waals surface area contributed by atoms with Crippen molar-refractivity contribution in [2.45, 2.75) is 46.1 Å². The Hall–Kier alpha value is -1.63. The number of nitrogens with zero attached hydrogens (tertiary/aromatic N) is 1. The predicted molar refractivity (Wildman–Crippen MR) is 77.7 cm³/mol. The average molecular weight is 290 g/mol. The fourth-order valence-corrected chi connectivity index (χ4v) is 4.57. The maximum absolute atomic E-state index is 14.1. The minimum Gasteiger partial charge on any atom is -0.379 e. The molecule has 21 heavy (non-hydrogen) atoms. The molecule has 2 saturated carbocycles. The molecule has 2 bridgehead atoms. The molecule has 3 atom stereocenters. The molecular formula is C17H20F2N2. The first-order valence-electron chi connectivity index (χ1n) is 7.44. The molecule has 3 rings (SSSR count). The van der Waals surface area contributed by atoms with Gasteiger partial charge in [0.15, 0.2) is 11.6 Å². The van der Waals surface area contributed by atoms with Crippen LogP contribution in [0.4, 0.5) is 14.5 Å². The molecule has 1 aromatic carbocycles. The molecule has 2 aliphatic carbocycles. The second kappa shape index (κ2) is 4.43. The van der Waals surface area contributed by atoms with Gasteiger partial charge in [-0.05, 0) is 48.1 Å². The third-order valence-corrected chi connectivity index (χ3v) is 5.77. The fraction of sp³-hybridized carbons (Fsp3) is 0.588. The van der Waals surface area contributed by atoms with E-state index in [1.165, 1.54) is 18.6 Å². The molecule has 112 valence electrons. The van der Waals surface area contributed by atoms with Crippen LogP contribution in [-0.4, -0.2) is 6.04 Å². The van der Waals surface area contributed by atoms with Crippen LogP contribution in [0.5, 0.6) is 0 Å². The normalized spacial score (nSPS) is 33.0.